The topological polar surface area (TPSA) is 75.4 Å². The van der Waals surface area contributed by atoms with E-state index in [-0.39, 0.29) is 22.7 Å². The van der Waals surface area contributed by atoms with E-state index in [1.807, 2.05) is 14.0 Å². The number of anilines is 1. The van der Waals surface area contributed by atoms with Crippen molar-refractivity contribution in [1.82, 2.24) is 9.62 Å². The molecule has 0 saturated carbocycles. The summed E-state index contributed by atoms with van der Waals surface area (Å²) in [5.41, 5.74) is 5.66. The van der Waals surface area contributed by atoms with Crippen LogP contribution >= 0.6 is 11.6 Å². The second-order valence-corrected chi connectivity index (χ2v) is 7.66. The third-order valence-electron chi connectivity index (χ3n) is 3.72. The van der Waals surface area contributed by atoms with Crippen LogP contribution < -0.4 is 10.5 Å². The molecular weight excluding hydrogens is 317 g/mol. The van der Waals surface area contributed by atoms with Crippen LogP contribution in [0.2, 0.25) is 5.02 Å². The van der Waals surface area contributed by atoms with Gasteiger partial charge in [0.05, 0.1) is 5.02 Å². The molecule has 1 aliphatic heterocycles. The fraction of sp³-hybridized carbons (Fsp3) is 0.538. The van der Waals surface area contributed by atoms with Crippen molar-refractivity contribution in [3.05, 3.63) is 23.0 Å². The van der Waals surface area contributed by atoms with E-state index in [9.17, 15) is 12.8 Å². The number of nitrogens with zero attached hydrogens (tertiary/aromatic N) is 1. The number of rotatable bonds is 3. The van der Waals surface area contributed by atoms with Crippen molar-refractivity contribution in [2.24, 2.45) is 5.92 Å². The molecule has 2 rings (SSSR count). The Balaban J connectivity index is 2.27. The number of nitrogen functional groups attached to an aromatic ring is 1. The van der Waals surface area contributed by atoms with Gasteiger partial charge in [0.15, 0.2) is 5.82 Å². The summed E-state index contributed by atoms with van der Waals surface area (Å²) in [7, 11) is -2.01. The van der Waals surface area contributed by atoms with Gasteiger partial charge in [-0.2, -0.15) is 0 Å². The average Bonchev–Trinajstić information content (AvgIpc) is 2.37. The lowest BCUT2D eigenvalue weighted by Gasteiger charge is -2.35. The van der Waals surface area contributed by atoms with Gasteiger partial charge in [-0.25, -0.2) is 17.5 Å². The number of nitrogens with one attached hydrogen (secondary N) is 1. The molecule has 3 N–H and O–H groups in total. The third-order valence-corrected chi connectivity index (χ3v) is 5.49. The highest BCUT2D eigenvalue weighted by molar-refractivity contribution is 7.89. The second kappa shape index (κ2) is 6.08. The zero-order valence-electron chi connectivity index (χ0n) is 11.9. The van der Waals surface area contributed by atoms with Crippen molar-refractivity contribution in [2.75, 3.05) is 25.9 Å². The maximum absolute atomic E-state index is 14.0. The van der Waals surface area contributed by atoms with Crippen LogP contribution in [0, 0.1) is 11.7 Å². The van der Waals surface area contributed by atoms with Gasteiger partial charge in [0.25, 0.3) is 0 Å². The van der Waals surface area contributed by atoms with E-state index in [1.165, 1.54) is 6.07 Å². The molecule has 0 amide bonds. The van der Waals surface area contributed by atoms with Crippen molar-refractivity contribution in [2.45, 2.75) is 24.3 Å². The van der Waals surface area contributed by atoms with E-state index in [0.29, 0.717) is 6.42 Å². The molecule has 2 atom stereocenters. The van der Waals surface area contributed by atoms with E-state index in [0.717, 1.165) is 19.2 Å². The maximum Gasteiger partial charge on any atom is 0.243 e. The molecule has 118 valence electrons. The van der Waals surface area contributed by atoms with Gasteiger partial charge >= 0.3 is 0 Å². The number of hydrogen-bond donors (Lipinski definition) is 2. The van der Waals surface area contributed by atoms with Gasteiger partial charge in [-0.1, -0.05) is 18.5 Å². The van der Waals surface area contributed by atoms with Crippen LogP contribution in [0.15, 0.2) is 17.0 Å². The molecule has 1 aliphatic rings. The van der Waals surface area contributed by atoms with Crippen LogP contribution in [0.4, 0.5) is 10.1 Å². The van der Waals surface area contributed by atoms with Crippen molar-refractivity contribution in [1.29, 1.82) is 0 Å². The van der Waals surface area contributed by atoms with Gasteiger partial charge in [0.1, 0.15) is 4.90 Å². The van der Waals surface area contributed by atoms with E-state index in [4.69, 9.17) is 17.3 Å². The van der Waals surface area contributed by atoms with Gasteiger partial charge in [0, 0.05) is 18.3 Å². The van der Waals surface area contributed by atoms with E-state index in [2.05, 4.69) is 9.62 Å². The van der Waals surface area contributed by atoms with Crippen LogP contribution in [0.3, 0.4) is 0 Å². The first kappa shape index (κ1) is 16.5. The number of sulfonamides is 1. The van der Waals surface area contributed by atoms with Crippen LogP contribution in [0.1, 0.15) is 13.3 Å². The third kappa shape index (κ3) is 3.66. The first-order valence-corrected chi connectivity index (χ1v) is 8.52. The zero-order valence-corrected chi connectivity index (χ0v) is 13.5. The monoisotopic (exact) mass is 335 g/mol. The molecule has 1 saturated heterocycles. The zero-order chi connectivity index (χ0) is 15.8. The summed E-state index contributed by atoms with van der Waals surface area (Å²) >= 11 is 5.66. The summed E-state index contributed by atoms with van der Waals surface area (Å²) in [4.78, 5) is 1.63. The highest BCUT2D eigenvalue weighted by Crippen LogP contribution is 2.27. The molecule has 5 nitrogen and oxygen atoms in total. The van der Waals surface area contributed by atoms with Crippen LogP contribution in [-0.2, 0) is 10.0 Å². The molecule has 1 aromatic carbocycles. The standard InChI is InChI=1S/C13H19ClFN3O2S/c1-8-7-18(2)4-3-11(8)17-21(19,20)12-6-9(16)5-10(14)13(12)15/h5-6,8,11,17H,3-4,7,16H2,1-2H3. The van der Waals surface area contributed by atoms with Crippen LogP contribution in [-0.4, -0.2) is 39.5 Å². The number of halogens is 2. The van der Waals surface area contributed by atoms with Gasteiger partial charge in [-0.15, -0.1) is 0 Å². The summed E-state index contributed by atoms with van der Waals surface area (Å²) in [5, 5.41) is -0.299. The second-order valence-electron chi connectivity index (χ2n) is 5.57. The molecule has 0 radical (unpaired) electrons. The highest BCUT2D eigenvalue weighted by atomic mass is 35.5. The normalized spacial score (nSPS) is 24.2. The van der Waals surface area contributed by atoms with Gasteiger partial charge in [0.2, 0.25) is 10.0 Å². The van der Waals surface area contributed by atoms with E-state index < -0.39 is 20.7 Å². The predicted molar refractivity (Wildman–Crippen MR) is 81.2 cm³/mol. The van der Waals surface area contributed by atoms with Crippen molar-refractivity contribution < 1.29 is 12.8 Å². The van der Waals surface area contributed by atoms with Crippen LogP contribution in [0.25, 0.3) is 0 Å². The fourth-order valence-corrected chi connectivity index (χ4v) is 4.37. The molecule has 0 aliphatic carbocycles. The lowest BCUT2D eigenvalue weighted by atomic mass is 9.95. The Kier molecular flexibility index (Phi) is 4.77. The molecule has 21 heavy (non-hydrogen) atoms. The molecule has 1 heterocycles. The number of nitrogens with two attached hydrogens (primary N) is 1. The number of likely N-dealkylation sites (tertiary alicyclic amines) is 1. The molecule has 8 heteroatoms. The smallest absolute Gasteiger partial charge is 0.243 e. The molecule has 0 spiro atoms. The molecule has 1 fully saturated rings. The quantitative estimate of drug-likeness (QED) is 0.824. The minimum absolute atomic E-state index is 0.109. The molecule has 1 aromatic rings. The Morgan fingerprint density at radius 2 is 2.14 bits per heavy atom. The minimum Gasteiger partial charge on any atom is -0.399 e. The summed E-state index contributed by atoms with van der Waals surface area (Å²) in [6.45, 7) is 3.54. The highest BCUT2D eigenvalue weighted by Gasteiger charge is 2.30. The fourth-order valence-electron chi connectivity index (χ4n) is 2.57. The van der Waals surface area contributed by atoms with Crippen molar-refractivity contribution in [3.63, 3.8) is 0 Å². The van der Waals surface area contributed by atoms with E-state index >= 15 is 0 Å². The average molecular weight is 336 g/mol. The SMILES string of the molecule is CC1CN(C)CCC1NS(=O)(=O)c1cc(N)cc(Cl)c1F. The Labute approximate surface area is 129 Å². The molecule has 2 unspecified atom stereocenters. The Bertz CT molecular complexity index is 639. The summed E-state index contributed by atoms with van der Waals surface area (Å²) < 4.78 is 41.3. The Morgan fingerprint density at radius 3 is 2.76 bits per heavy atom. The lowest BCUT2D eigenvalue weighted by molar-refractivity contribution is 0.188. The molecule has 0 aromatic heterocycles. The predicted octanol–water partition coefficient (Wildman–Crippen LogP) is 1.68. The minimum atomic E-state index is -3.99. The summed E-state index contributed by atoms with van der Waals surface area (Å²) in [6.07, 6.45) is 0.675. The van der Waals surface area contributed by atoms with Crippen molar-refractivity contribution in [3.8, 4) is 0 Å². The Hall–Kier alpha value is -0.890. The first-order valence-electron chi connectivity index (χ1n) is 6.66. The van der Waals surface area contributed by atoms with Gasteiger partial charge in [-0.3, -0.25) is 0 Å². The van der Waals surface area contributed by atoms with Crippen molar-refractivity contribution >= 4 is 27.3 Å². The summed E-state index contributed by atoms with van der Waals surface area (Å²) in [6, 6.07) is 2.04. The number of piperidine rings is 1. The largest absolute Gasteiger partial charge is 0.399 e. The number of hydrogen-bond acceptors (Lipinski definition) is 4. The lowest BCUT2D eigenvalue weighted by Crippen LogP contribution is -2.48. The maximum atomic E-state index is 14.0. The van der Waals surface area contributed by atoms with Gasteiger partial charge in [-0.05, 0) is 38.1 Å². The first-order chi connectivity index (χ1) is 9.70. The van der Waals surface area contributed by atoms with Crippen LogP contribution in [0.5, 0.6) is 0 Å². The molecular formula is C13H19ClFN3O2S. The van der Waals surface area contributed by atoms with Gasteiger partial charge < -0.3 is 10.6 Å². The Morgan fingerprint density at radius 1 is 1.48 bits per heavy atom. The van der Waals surface area contributed by atoms with E-state index in [1.54, 1.807) is 0 Å². The summed E-state index contributed by atoms with van der Waals surface area (Å²) in [5.74, 6) is -0.836. The number of benzene rings is 1. The molecule has 0 bridgehead atoms.